The zero-order valence-corrected chi connectivity index (χ0v) is 12.8. The molecule has 2 N–H and O–H groups in total. The van der Waals surface area contributed by atoms with Gasteiger partial charge in [-0.3, -0.25) is 4.79 Å². The van der Waals surface area contributed by atoms with Crippen molar-refractivity contribution in [2.24, 2.45) is 5.92 Å². The maximum atomic E-state index is 11.8. The number of nitrogens with one attached hydrogen (secondary N) is 1. The highest BCUT2D eigenvalue weighted by atomic mass is 16.4. The lowest BCUT2D eigenvalue weighted by atomic mass is 10.0. The highest BCUT2D eigenvalue weighted by molar-refractivity contribution is 5.94. The third-order valence-corrected chi connectivity index (χ3v) is 3.14. The Morgan fingerprint density at radius 3 is 2.33 bits per heavy atom. The number of carboxylic acids is 1. The van der Waals surface area contributed by atoms with Crippen molar-refractivity contribution in [2.45, 2.75) is 39.7 Å². The van der Waals surface area contributed by atoms with Gasteiger partial charge in [0.15, 0.2) is 0 Å². The fourth-order valence-corrected chi connectivity index (χ4v) is 1.95. The summed E-state index contributed by atoms with van der Waals surface area (Å²) in [4.78, 5) is 22.9. The van der Waals surface area contributed by atoms with E-state index in [9.17, 15) is 9.59 Å². The highest BCUT2D eigenvalue weighted by Crippen LogP contribution is 2.07. The molecule has 0 bridgehead atoms. The summed E-state index contributed by atoms with van der Waals surface area (Å²) in [6.07, 6.45) is 4.44. The molecule has 0 unspecified atom stereocenters. The van der Waals surface area contributed by atoms with E-state index in [1.807, 2.05) is 38.1 Å². The van der Waals surface area contributed by atoms with Crippen LogP contribution in [-0.4, -0.2) is 23.0 Å². The van der Waals surface area contributed by atoms with Gasteiger partial charge in [-0.15, -0.1) is 0 Å². The minimum atomic E-state index is -1.00. The molecule has 0 aromatic heterocycles. The fraction of sp³-hybridized carbons (Fsp3) is 0.412. The first-order chi connectivity index (χ1) is 9.92. The first-order valence-corrected chi connectivity index (χ1v) is 7.22. The van der Waals surface area contributed by atoms with E-state index in [4.69, 9.17) is 5.11 Å². The van der Waals surface area contributed by atoms with E-state index in [-0.39, 0.29) is 11.8 Å². The Kier molecular flexibility index (Phi) is 6.66. The van der Waals surface area contributed by atoms with Gasteiger partial charge in [0.05, 0.1) is 0 Å². The van der Waals surface area contributed by atoms with Crippen LogP contribution in [-0.2, 0) is 16.0 Å². The number of aliphatic carboxylic acids is 1. The first-order valence-electron chi connectivity index (χ1n) is 7.22. The van der Waals surface area contributed by atoms with Crippen LogP contribution < -0.4 is 5.32 Å². The molecule has 0 heterocycles. The van der Waals surface area contributed by atoms with E-state index in [1.165, 1.54) is 11.6 Å². The third-order valence-electron chi connectivity index (χ3n) is 3.14. The van der Waals surface area contributed by atoms with Gasteiger partial charge in [-0.2, -0.15) is 0 Å². The summed E-state index contributed by atoms with van der Waals surface area (Å²) >= 11 is 0. The van der Waals surface area contributed by atoms with Crippen LogP contribution >= 0.6 is 0 Å². The second-order valence-electron chi connectivity index (χ2n) is 5.46. The van der Waals surface area contributed by atoms with E-state index in [2.05, 4.69) is 12.2 Å². The molecule has 1 aromatic rings. The number of hydrogen-bond donors (Lipinski definition) is 2. The van der Waals surface area contributed by atoms with Crippen LogP contribution in [0, 0.1) is 5.92 Å². The zero-order valence-electron chi connectivity index (χ0n) is 12.8. The number of carboxylic acid groups (broad SMARTS) is 1. The number of hydrogen-bond acceptors (Lipinski definition) is 2. The van der Waals surface area contributed by atoms with E-state index in [1.54, 1.807) is 6.08 Å². The molecule has 1 amide bonds. The number of carbonyl (C=O) groups is 2. The van der Waals surface area contributed by atoms with Gasteiger partial charge in [-0.05, 0) is 36.0 Å². The molecule has 1 atom stereocenters. The van der Waals surface area contributed by atoms with Crippen LogP contribution in [0.4, 0.5) is 0 Å². The molecule has 1 aromatic carbocycles. The largest absolute Gasteiger partial charge is 0.480 e. The SMILES string of the molecule is CCc1ccc(C=CC(=O)N[C@H](CC(C)C)C(=O)O)cc1. The van der Waals surface area contributed by atoms with Gasteiger partial charge in [-0.25, -0.2) is 4.79 Å². The molecule has 0 saturated carbocycles. The molecule has 1 rings (SSSR count). The van der Waals surface area contributed by atoms with Gasteiger partial charge in [0, 0.05) is 6.08 Å². The Hall–Kier alpha value is -2.10. The monoisotopic (exact) mass is 289 g/mol. The molecular formula is C17H23NO3. The molecule has 0 aliphatic heterocycles. The number of carbonyl (C=O) groups excluding carboxylic acids is 1. The molecule has 0 radical (unpaired) electrons. The summed E-state index contributed by atoms with van der Waals surface area (Å²) in [7, 11) is 0. The van der Waals surface area contributed by atoms with Crippen molar-refractivity contribution in [3.05, 3.63) is 41.5 Å². The Morgan fingerprint density at radius 2 is 1.86 bits per heavy atom. The van der Waals surface area contributed by atoms with Gasteiger partial charge >= 0.3 is 5.97 Å². The lowest BCUT2D eigenvalue weighted by Crippen LogP contribution is -2.40. The quantitative estimate of drug-likeness (QED) is 0.758. The lowest BCUT2D eigenvalue weighted by molar-refractivity contribution is -0.141. The van der Waals surface area contributed by atoms with Crippen molar-refractivity contribution in [1.29, 1.82) is 0 Å². The average molecular weight is 289 g/mol. The van der Waals surface area contributed by atoms with Crippen LogP contribution in [0.5, 0.6) is 0 Å². The van der Waals surface area contributed by atoms with Crippen molar-refractivity contribution >= 4 is 18.0 Å². The van der Waals surface area contributed by atoms with Crippen LogP contribution in [0.2, 0.25) is 0 Å². The minimum absolute atomic E-state index is 0.206. The van der Waals surface area contributed by atoms with Crippen molar-refractivity contribution in [3.63, 3.8) is 0 Å². The number of benzene rings is 1. The predicted molar refractivity (Wildman–Crippen MR) is 83.9 cm³/mol. The first kappa shape index (κ1) is 17.0. The Balaban J connectivity index is 2.61. The predicted octanol–water partition coefficient (Wildman–Crippen LogP) is 2.88. The van der Waals surface area contributed by atoms with Crippen LogP contribution in [0.1, 0.15) is 38.3 Å². The molecule has 0 saturated heterocycles. The maximum absolute atomic E-state index is 11.8. The Bertz CT molecular complexity index is 503. The molecule has 4 heteroatoms. The molecule has 114 valence electrons. The van der Waals surface area contributed by atoms with Crippen LogP contribution in [0.25, 0.3) is 6.08 Å². The van der Waals surface area contributed by atoms with E-state index < -0.39 is 12.0 Å². The number of amides is 1. The summed E-state index contributed by atoms with van der Waals surface area (Å²) in [5.41, 5.74) is 2.15. The summed E-state index contributed by atoms with van der Waals surface area (Å²) in [6, 6.07) is 7.05. The Morgan fingerprint density at radius 1 is 1.24 bits per heavy atom. The standard InChI is InChI=1S/C17H23NO3/c1-4-13-5-7-14(8-6-13)9-10-16(19)18-15(17(20)21)11-12(2)3/h5-10,12,15H,4,11H2,1-3H3,(H,18,19)(H,20,21)/t15-/m1/s1. The van der Waals surface area contributed by atoms with Crippen molar-refractivity contribution < 1.29 is 14.7 Å². The minimum Gasteiger partial charge on any atom is -0.480 e. The van der Waals surface area contributed by atoms with Crippen molar-refractivity contribution in [3.8, 4) is 0 Å². The van der Waals surface area contributed by atoms with E-state index in [0.29, 0.717) is 6.42 Å². The van der Waals surface area contributed by atoms with E-state index >= 15 is 0 Å². The van der Waals surface area contributed by atoms with Crippen molar-refractivity contribution in [2.75, 3.05) is 0 Å². The van der Waals surface area contributed by atoms with Crippen molar-refractivity contribution in [1.82, 2.24) is 5.32 Å². The second kappa shape index (κ2) is 8.25. The van der Waals surface area contributed by atoms with Gasteiger partial charge in [-0.1, -0.05) is 45.0 Å². The smallest absolute Gasteiger partial charge is 0.326 e. The molecule has 0 aliphatic carbocycles. The Labute approximate surface area is 125 Å². The van der Waals surface area contributed by atoms with Gasteiger partial charge in [0.25, 0.3) is 0 Å². The number of aryl methyl sites for hydroxylation is 1. The number of rotatable bonds is 7. The van der Waals surface area contributed by atoms with Crippen LogP contribution in [0.3, 0.4) is 0 Å². The average Bonchev–Trinajstić information content (AvgIpc) is 2.44. The molecular weight excluding hydrogens is 266 g/mol. The van der Waals surface area contributed by atoms with Crippen LogP contribution in [0.15, 0.2) is 30.3 Å². The van der Waals surface area contributed by atoms with E-state index in [0.717, 1.165) is 12.0 Å². The summed E-state index contributed by atoms with van der Waals surface area (Å²) in [5, 5.41) is 11.6. The maximum Gasteiger partial charge on any atom is 0.326 e. The molecule has 0 fully saturated rings. The normalized spacial score (nSPS) is 12.6. The third kappa shape index (κ3) is 6.25. The fourth-order valence-electron chi connectivity index (χ4n) is 1.95. The summed E-state index contributed by atoms with van der Waals surface area (Å²) in [6.45, 7) is 5.93. The topological polar surface area (TPSA) is 66.4 Å². The molecule has 21 heavy (non-hydrogen) atoms. The zero-order chi connectivity index (χ0) is 15.8. The molecule has 0 spiro atoms. The van der Waals surface area contributed by atoms with Gasteiger partial charge in [0.2, 0.25) is 5.91 Å². The molecule has 0 aliphatic rings. The van der Waals surface area contributed by atoms with Gasteiger partial charge in [0.1, 0.15) is 6.04 Å². The summed E-state index contributed by atoms with van der Waals surface area (Å²) < 4.78 is 0. The van der Waals surface area contributed by atoms with Gasteiger partial charge < -0.3 is 10.4 Å². The second-order valence-corrected chi connectivity index (χ2v) is 5.46. The summed E-state index contributed by atoms with van der Waals surface area (Å²) in [5.74, 6) is -1.18. The molecule has 4 nitrogen and oxygen atoms in total. The highest BCUT2D eigenvalue weighted by Gasteiger charge is 2.19. The lowest BCUT2D eigenvalue weighted by Gasteiger charge is -2.15.